The van der Waals surface area contributed by atoms with Crippen molar-refractivity contribution in [1.29, 1.82) is 0 Å². The summed E-state index contributed by atoms with van der Waals surface area (Å²) in [5, 5.41) is 19.4. The lowest BCUT2D eigenvalue weighted by atomic mass is 10.0. The number of anilines is 6. The first-order valence-corrected chi connectivity index (χ1v) is 17.8. The summed E-state index contributed by atoms with van der Waals surface area (Å²) in [6, 6.07) is 54.8. The third-order valence-electron chi connectivity index (χ3n) is 8.89. The van der Waals surface area contributed by atoms with E-state index in [4.69, 9.17) is 5.10 Å². The van der Waals surface area contributed by atoms with Gasteiger partial charge >= 0.3 is 0 Å². The largest absolute Gasteiger partial charge is 0.383 e. The highest BCUT2D eigenvalue weighted by atomic mass is 15.3. The van der Waals surface area contributed by atoms with E-state index in [0.717, 1.165) is 77.1 Å². The Kier molecular flexibility index (Phi) is 10.9. The molecule has 0 aliphatic rings. The van der Waals surface area contributed by atoms with Crippen molar-refractivity contribution in [3.63, 3.8) is 0 Å². The highest BCUT2D eigenvalue weighted by Crippen LogP contribution is 2.34. The summed E-state index contributed by atoms with van der Waals surface area (Å²) in [5.41, 5.74) is 13.0. The highest BCUT2D eigenvalue weighted by molar-refractivity contribution is 5.83. The van der Waals surface area contributed by atoms with Crippen LogP contribution < -0.4 is 21.3 Å². The molecule has 0 atom stereocenters. The molecule has 0 aliphatic carbocycles. The molecule has 0 radical (unpaired) electrons. The second-order valence-electron chi connectivity index (χ2n) is 13.1. The third-order valence-corrected chi connectivity index (χ3v) is 8.89. The van der Waals surface area contributed by atoms with E-state index >= 15 is 0 Å². The zero-order valence-corrected chi connectivity index (χ0v) is 29.8. The fourth-order valence-electron chi connectivity index (χ4n) is 6.25. The van der Waals surface area contributed by atoms with Crippen LogP contribution in [0.15, 0.2) is 164 Å². The molecule has 0 spiro atoms. The molecule has 0 unspecified atom stereocenters. The van der Waals surface area contributed by atoms with Crippen LogP contribution in [0.3, 0.4) is 0 Å². The lowest BCUT2D eigenvalue weighted by Crippen LogP contribution is -2.21. The molecule has 0 aliphatic heterocycles. The standard InChI is InChI=1S/C45H45N7/c1-51(2)29-26-46-44-33-40(22-24-41(44)34-13-6-3-7-14-34)49-38-20-12-17-36(31-38)43-25-28-52(50-43)30-27-47-45-32-39(48-37-18-10-5-11-19-37)21-23-42(45)35-15-8-4-9-16-35/h3-25,28,31-33,46-49H,26-27,29-30H2,1-2H3. The second kappa shape index (κ2) is 16.6. The van der Waals surface area contributed by atoms with Gasteiger partial charge in [-0.15, -0.1) is 0 Å². The van der Waals surface area contributed by atoms with Crippen LogP contribution in [-0.4, -0.2) is 48.4 Å². The predicted octanol–water partition coefficient (Wildman–Crippen LogP) is 10.5. The quantitative estimate of drug-likeness (QED) is 0.0863. The van der Waals surface area contributed by atoms with Crippen LogP contribution in [0.2, 0.25) is 0 Å². The third kappa shape index (κ3) is 8.88. The summed E-state index contributed by atoms with van der Waals surface area (Å²) in [5.74, 6) is 0. The van der Waals surface area contributed by atoms with E-state index in [2.05, 4.69) is 180 Å². The second-order valence-corrected chi connectivity index (χ2v) is 13.1. The topological polar surface area (TPSA) is 69.2 Å². The average Bonchev–Trinajstić information content (AvgIpc) is 3.65. The number of hydrogen-bond donors (Lipinski definition) is 4. The Balaban J connectivity index is 1.03. The van der Waals surface area contributed by atoms with Crippen molar-refractivity contribution >= 4 is 34.1 Å². The minimum Gasteiger partial charge on any atom is -0.383 e. The van der Waals surface area contributed by atoms with Gasteiger partial charge in [-0.3, -0.25) is 4.68 Å². The maximum Gasteiger partial charge on any atom is 0.0923 e. The molecule has 7 heteroatoms. The van der Waals surface area contributed by atoms with E-state index in [-0.39, 0.29) is 0 Å². The van der Waals surface area contributed by atoms with Gasteiger partial charge in [-0.25, -0.2) is 0 Å². The van der Waals surface area contributed by atoms with Crippen LogP contribution in [0.4, 0.5) is 34.1 Å². The first-order valence-electron chi connectivity index (χ1n) is 17.8. The maximum absolute atomic E-state index is 4.94. The fraction of sp³-hybridized carbons (Fsp3) is 0.133. The number of aromatic nitrogens is 2. The van der Waals surface area contributed by atoms with Gasteiger partial charge in [-0.2, -0.15) is 5.10 Å². The van der Waals surface area contributed by atoms with Crippen LogP contribution in [0.1, 0.15) is 0 Å². The molecule has 7 aromatic rings. The van der Waals surface area contributed by atoms with Crippen molar-refractivity contribution in [2.24, 2.45) is 0 Å². The molecule has 52 heavy (non-hydrogen) atoms. The van der Waals surface area contributed by atoms with E-state index in [0.29, 0.717) is 0 Å². The Morgan fingerprint density at radius 3 is 1.63 bits per heavy atom. The molecule has 0 bridgehead atoms. The monoisotopic (exact) mass is 683 g/mol. The van der Waals surface area contributed by atoms with Gasteiger partial charge in [0.1, 0.15) is 0 Å². The molecule has 1 aromatic heterocycles. The number of nitrogens with zero attached hydrogens (tertiary/aromatic N) is 3. The van der Waals surface area contributed by atoms with Crippen molar-refractivity contribution in [2.45, 2.75) is 6.54 Å². The molecule has 4 N–H and O–H groups in total. The molecule has 1 heterocycles. The molecule has 0 saturated carbocycles. The van der Waals surface area contributed by atoms with Gasteiger partial charge in [0, 0.05) is 76.6 Å². The van der Waals surface area contributed by atoms with Crippen LogP contribution >= 0.6 is 0 Å². The summed E-state index contributed by atoms with van der Waals surface area (Å²) in [7, 11) is 4.19. The number of rotatable bonds is 15. The van der Waals surface area contributed by atoms with E-state index in [1.807, 2.05) is 28.9 Å². The minimum absolute atomic E-state index is 0.722. The molecule has 0 amide bonds. The van der Waals surface area contributed by atoms with E-state index in [1.165, 1.54) is 16.7 Å². The molecule has 7 rings (SSSR count). The minimum atomic E-state index is 0.722. The van der Waals surface area contributed by atoms with Crippen molar-refractivity contribution in [2.75, 3.05) is 55.0 Å². The maximum atomic E-state index is 4.94. The zero-order chi connectivity index (χ0) is 35.5. The number of benzene rings is 6. The van der Waals surface area contributed by atoms with E-state index in [1.54, 1.807) is 0 Å². The SMILES string of the molecule is CN(C)CCNc1cc(Nc2cccc(-c3ccn(CCNc4cc(Nc5ccccc5)ccc4-c4ccccc4)n3)c2)ccc1-c1ccccc1. The summed E-state index contributed by atoms with van der Waals surface area (Å²) in [4.78, 5) is 2.19. The van der Waals surface area contributed by atoms with Gasteiger partial charge in [0.2, 0.25) is 0 Å². The lowest BCUT2D eigenvalue weighted by molar-refractivity contribution is 0.425. The highest BCUT2D eigenvalue weighted by Gasteiger charge is 2.10. The molecule has 0 saturated heterocycles. The van der Waals surface area contributed by atoms with Crippen LogP contribution in [0, 0.1) is 0 Å². The van der Waals surface area contributed by atoms with E-state index < -0.39 is 0 Å². The first kappa shape index (κ1) is 34.2. The number of likely N-dealkylation sites (N-methyl/N-ethyl adjacent to an activating group) is 1. The van der Waals surface area contributed by atoms with Crippen LogP contribution in [0.5, 0.6) is 0 Å². The van der Waals surface area contributed by atoms with Gasteiger partial charge in [0.25, 0.3) is 0 Å². The Labute approximate surface area is 307 Å². The predicted molar refractivity (Wildman–Crippen MR) is 220 cm³/mol. The molecular formula is C45H45N7. The summed E-state index contributed by atoms with van der Waals surface area (Å²) in [6.45, 7) is 3.25. The van der Waals surface area contributed by atoms with Crippen LogP contribution in [-0.2, 0) is 6.54 Å². The first-order chi connectivity index (χ1) is 25.6. The Bertz CT molecular complexity index is 2180. The molecule has 260 valence electrons. The zero-order valence-electron chi connectivity index (χ0n) is 29.8. The summed E-state index contributed by atoms with van der Waals surface area (Å²) < 4.78 is 2.00. The van der Waals surface area contributed by atoms with Crippen LogP contribution in [0.25, 0.3) is 33.5 Å². The number of nitrogens with one attached hydrogen (secondary N) is 4. The summed E-state index contributed by atoms with van der Waals surface area (Å²) >= 11 is 0. The summed E-state index contributed by atoms with van der Waals surface area (Å²) in [6.07, 6.45) is 2.05. The smallest absolute Gasteiger partial charge is 0.0923 e. The number of para-hydroxylation sites is 1. The molecular weight excluding hydrogens is 639 g/mol. The van der Waals surface area contributed by atoms with Crippen molar-refractivity contribution in [1.82, 2.24) is 14.7 Å². The van der Waals surface area contributed by atoms with E-state index in [9.17, 15) is 0 Å². The Morgan fingerprint density at radius 1 is 0.500 bits per heavy atom. The Morgan fingerprint density at radius 2 is 1.02 bits per heavy atom. The molecule has 0 fully saturated rings. The molecule has 6 aromatic carbocycles. The fourth-order valence-corrected chi connectivity index (χ4v) is 6.25. The van der Waals surface area contributed by atoms with Crippen molar-refractivity contribution in [3.05, 3.63) is 164 Å². The van der Waals surface area contributed by atoms with Gasteiger partial charge in [0.15, 0.2) is 0 Å². The average molecular weight is 684 g/mol. The normalized spacial score (nSPS) is 11.0. The van der Waals surface area contributed by atoms with Gasteiger partial charge in [-0.05, 0) is 79.8 Å². The van der Waals surface area contributed by atoms with Gasteiger partial charge < -0.3 is 26.2 Å². The molecule has 7 nitrogen and oxygen atoms in total. The van der Waals surface area contributed by atoms with Gasteiger partial charge in [0.05, 0.1) is 12.2 Å². The van der Waals surface area contributed by atoms with Crippen molar-refractivity contribution in [3.8, 4) is 33.5 Å². The number of hydrogen-bond acceptors (Lipinski definition) is 6. The lowest BCUT2D eigenvalue weighted by Gasteiger charge is -2.17. The van der Waals surface area contributed by atoms with Gasteiger partial charge in [-0.1, -0.05) is 103 Å². The van der Waals surface area contributed by atoms with Crippen molar-refractivity contribution < 1.29 is 0 Å². The Hall–Kier alpha value is -6.31.